The van der Waals surface area contributed by atoms with Gasteiger partial charge in [0.05, 0.1) is 19.0 Å². The van der Waals surface area contributed by atoms with Crippen molar-refractivity contribution in [2.75, 3.05) is 12.8 Å². The first-order chi connectivity index (χ1) is 8.22. The van der Waals surface area contributed by atoms with E-state index in [1.165, 1.54) is 0 Å². The van der Waals surface area contributed by atoms with Crippen molar-refractivity contribution in [1.29, 1.82) is 0 Å². The van der Waals surface area contributed by atoms with Crippen LogP contribution in [0, 0.1) is 0 Å². The van der Waals surface area contributed by atoms with Crippen LogP contribution in [0.1, 0.15) is 17.7 Å². The maximum absolute atomic E-state index is 6.22. The Morgan fingerprint density at radius 1 is 1.47 bits per heavy atom. The van der Waals surface area contributed by atoms with Gasteiger partial charge in [-0.1, -0.05) is 0 Å². The third-order valence-corrected chi connectivity index (χ3v) is 3.20. The molecule has 5 heteroatoms. The quantitative estimate of drug-likeness (QED) is 0.806. The van der Waals surface area contributed by atoms with Crippen LogP contribution >= 0.6 is 0 Å². The number of aryl methyl sites for hydroxylation is 1. The Balaban J connectivity index is 2.37. The summed E-state index contributed by atoms with van der Waals surface area (Å²) in [5.41, 5.74) is 10.6. The fourth-order valence-electron chi connectivity index (χ4n) is 2.36. The third kappa shape index (κ3) is 1.32. The van der Waals surface area contributed by atoms with Crippen LogP contribution in [0.25, 0.3) is 16.8 Å². The van der Waals surface area contributed by atoms with Crippen molar-refractivity contribution in [3.63, 3.8) is 0 Å². The monoisotopic (exact) mass is 230 g/mol. The first-order valence-corrected chi connectivity index (χ1v) is 5.57. The van der Waals surface area contributed by atoms with Gasteiger partial charge in [-0.3, -0.25) is 4.68 Å². The van der Waals surface area contributed by atoms with E-state index in [0.29, 0.717) is 0 Å². The Morgan fingerprint density at radius 2 is 2.29 bits per heavy atom. The van der Waals surface area contributed by atoms with Crippen molar-refractivity contribution in [1.82, 2.24) is 14.8 Å². The number of nitrogens with two attached hydrogens (primary N) is 1. The van der Waals surface area contributed by atoms with Gasteiger partial charge in [0.25, 0.3) is 0 Å². The molecule has 2 heterocycles. The van der Waals surface area contributed by atoms with Crippen LogP contribution in [0.15, 0.2) is 12.3 Å². The summed E-state index contributed by atoms with van der Waals surface area (Å²) in [5, 5.41) is 4.19. The van der Waals surface area contributed by atoms with Gasteiger partial charge in [-0.15, -0.1) is 0 Å². The molecule has 0 atom stereocenters. The lowest BCUT2D eigenvalue weighted by Crippen LogP contribution is -2.09. The molecule has 2 aromatic rings. The number of hydrogen-bond donors (Lipinski definition) is 1. The second kappa shape index (κ2) is 3.48. The summed E-state index contributed by atoms with van der Waals surface area (Å²) in [6, 6.07) is 0. The van der Waals surface area contributed by atoms with Crippen molar-refractivity contribution >= 4 is 22.5 Å². The minimum atomic E-state index is 0.771. The van der Waals surface area contributed by atoms with Gasteiger partial charge >= 0.3 is 0 Å². The molecule has 0 amide bonds. The highest BCUT2D eigenvalue weighted by molar-refractivity contribution is 5.91. The summed E-state index contributed by atoms with van der Waals surface area (Å²) in [5.74, 6) is 0.809. The number of fused-ring (bicyclic) bond motifs is 2. The van der Waals surface area contributed by atoms with E-state index in [2.05, 4.69) is 16.2 Å². The summed E-state index contributed by atoms with van der Waals surface area (Å²) in [6.45, 7) is 0. The van der Waals surface area contributed by atoms with Crippen LogP contribution in [-0.2, 0) is 18.2 Å². The number of hydrogen-bond acceptors (Lipinski definition) is 4. The Morgan fingerprint density at radius 3 is 3.06 bits per heavy atom. The van der Waals surface area contributed by atoms with Crippen LogP contribution < -0.4 is 5.73 Å². The topological polar surface area (TPSA) is 66.0 Å². The molecule has 3 rings (SSSR count). The van der Waals surface area contributed by atoms with Crippen molar-refractivity contribution < 1.29 is 4.74 Å². The molecule has 2 aromatic heterocycles. The van der Waals surface area contributed by atoms with E-state index in [1.807, 2.05) is 7.05 Å². The maximum atomic E-state index is 6.22. The SMILES string of the molecule is COC1=CCCc2c1nc1cnn(C)c1c2N. The highest BCUT2D eigenvalue weighted by Gasteiger charge is 2.21. The highest BCUT2D eigenvalue weighted by atomic mass is 16.5. The fraction of sp³-hybridized carbons (Fsp3) is 0.333. The molecule has 88 valence electrons. The molecule has 5 nitrogen and oxygen atoms in total. The van der Waals surface area contributed by atoms with Crippen molar-refractivity contribution in [2.24, 2.45) is 7.05 Å². The van der Waals surface area contributed by atoms with Crippen LogP contribution in [0.3, 0.4) is 0 Å². The molecule has 0 aliphatic heterocycles. The van der Waals surface area contributed by atoms with Crippen molar-refractivity contribution in [3.05, 3.63) is 23.5 Å². The third-order valence-electron chi connectivity index (χ3n) is 3.20. The summed E-state index contributed by atoms with van der Waals surface area (Å²) in [7, 11) is 3.54. The molecular formula is C12H14N4O. The van der Waals surface area contributed by atoms with Crippen LogP contribution in [0.5, 0.6) is 0 Å². The first-order valence-electron chi connectivity index (χ1n) is 5.57. The van der Waals surface area contributed by atoms with Gasteiger partial charge in [0.15, 0.2) is 0 Å². The first kappa shape index (κ1) is 10.1. The van der Waals surface area contributed by atoms with Gasteiger partial charge in [0.2, 0.25) is 0 Å². The number of nitrogens with zero attached hydrogens (tertiary/aromatic N) is 3. The highest BCUT2D eigenvalue weighted by Crippen LogP contribution is 2.33. The number of methoxy groups -OCH3 is 1. The average Bonchev–Trinajstić information content (AvgIpc) is 2.71. The van der Waals surface area contributed by atoms with Gasteiger partial charge in [-0.25, -0.2) is 4.98 Å². The molecule has 0 saturated heterocycles. The predicted octanol–water partition coefficient (Wildman–Crippen LogP) is 1.48. The van der Waals surface area contributed by atoms with E-state index in [9.17, 15) is 0 Å². The zero-order chi connectivity index (χ0) is 12.0. The van der Waals surface area contributed by atoms with Gasteiger partial charge in [0.1, 0.15) is 22.5 Å². The molecule has 0 saturated carbocycles. The Kier molecular flexibility index (Phi) is 2.07. The number of nitrogen functional groups attached to an aromatic ring is 1. The summed E-state index contributed by atoms with van der Waals surface area (Å²) < 4.78 is 7.11. The number of ether oxygens (including phenoxy) is 1. The number of anilines is 1. The van der Waals surface area contributed by atoms with Crippen LogP contribution in [-0.4, -0.2) is 21.9 Å². The molecule has 2 N–H and O–H groups in total. The molecule has 17 heavy (non-hydrogen) atoms. The molecule has 1 aliphatic carbocycles. The average molecular weight is 230 g/mol. The summed E-state index contributed by atoms with van der Waals surface area (Å²) in [4.78, 5) is 4.59. The summed E-state index contributed by atoms with van der Waals surface area (Å²) >= 11 is 0. The lowest BCUT2D eigenvalue weighted by molar-refractivity contribution is 0.365. The Labute approximate surface area is 98.9 Å². The predicted molar refractivity (Wildman–Crippen MR) is 66.2 cm³/mol. The zero-order valence-corrected chi connectivity index (χ0v) is 9.90. The molecule has 0 spiro atoms. The lowest BCUT2D eigenvalue weighted by atomic mass is 9.98. The van der Waals surface area contributed by atoms with Crippen LogP contribution in [0.4, 0.5) is 5.69 Å². The molecule has 0 aromatic carbocycles. The maximum Gasteiger partial charge on any atom is 0.140 e. The normalized spacial score (nSPS) is 14.6. The summed E-state index contributed by atoms with van der Waals surface area (Å²) in [6.07, 6.45) is 5.62. The minimum Gasteiger partial charge on any atom is -0.495 e. The number of aromatic nitrogens is 3. The molecule has 1 aliphatic rings. The lowest BCUT2D eigenvalue weighted by Gasteiger charge is -2.18. The number of pyridine rings is 1. The largest absolute Gasteiger partial charge is 0.495 e. The molecule has 0 bridgehead atoms. The van der Waals surface area contributed by atoms with Gasteiger partial charge in [0, 0.05) is 12.6 Å². The molecule has 0 radical (unpaired) electrons. The Bertz CT molecular complexity index is 627. The van der Waals surface area contributed by atoms with E-state index < -0.39 is 0 Å². The molecule has 0 fully saturated rings. The van der Waals surface area contributed by atoms with Crippen molar-refractivity contribution in [3.8, 4) is 0 Å². The zero-order valence-electron chi connectivity index (χ0n) is 9.90. The van der Waals surface area contributed by atoms with E-state index in [1.54, 1.807) is 18.0 Å². The van der Waals surface area contributed by atoms with E-state index >= 15 is 0 Å². The number of allylic oxidation sites excluding steroid dienone is 1. The Hall–Kier alpha value is -2.04. The second-order valence-corrected chi connectivity index (χ2v) is 4.17. The fourth-order valence-corrected chi connectivity index (χ4v) is 2.36. The minimum absolute atomic E-state index is 0.771. The molecule has 0 unspecified atom stereocenters. The van der Waals surface area contributed by atoms with Gasteiger partial charge in [-0.05, 0) is 18.9 Å². The van der Waals surface area contributed by atoms with Crippen LogP contribution in [0.2, 0.25) is 0 Å². The standard InChI is InChI=1S/C12H14N4O/c1-16-12-8(6-14-16)15-11-7(10(12)13)4-3-5-9(11)17-2/h5-6H,3-4H2,1-2H3,(H2,13,15). The van der Waals surface area contributed by atoms with Crippen molar-refractivity contribution in [2.45, 2.75) is 12.8 Å². The van der Waals surface area contributed by atoms with E-state index in [4.69, 9.17) is 10.5 Å². The smallest absolute Gasteiger partial charge is 0.140 e. The van der Waals surface area contributed by atoms with Gasteiger partial charge < -0.3 is 10.5 Å². The van der Waals surface area contributed by atoms with E-state index in [0.717, 1.165) is 46.6 Å². The van der Waals surface area contributed by atoms with Gasteiger partial charge in [-0.2, -0.15) is 5.10 Å². The van der Waals surface area contributed by atoms with E-state index in [-0.39, 0.29) is 0 Å². The number of rotatable bonds is 1. The second-order valence-electron chi connectivity index (χ2n) is 4.17. The molecular weight excluding hydrogens is 216 g/mol.